The Morgan fingerprint density at radius 2 is 1.73 bits per heavy atom. The van der Waals surface area contributed by atoms with Gasteiger partial charge in [0.25, 0.3) is 0 Å². The Balaban J connectivity index is 3.67. The highest BCUT2D eigenvalue weighted by molar-refractivity contribution is 5.76. The van der Waals surface area contributed by atoms with Crippen LogP contribution in [-0.2, 0) is 4.79 Å². The third-order valence-corrected chi connectivity index (χ3v) is 2.72. The van der Waals surface area contributed by atoms with Gasteiger partial charge in [0.1, 0.15) is 0 Å². The molecule has 2 nitrogen and oxygen atoms in total. The Bertz CT molecular complexity index is 191. The zero-order chi connectivity index (χ0) is 12.1. The molecule has 1 amide bonds. The van der Waals surface area contributed by atoms with Gasteiger partial charge in [0.2, 0.25) is 5.91 Å². The molecule has 0 bridgehead atoms. The second-order valence-corrected chi connectivity index (χ2v) is 6.01. The molecule has 0 saturated heterocycles. The van der Waals surface area contributed by atoms with Crippen molar-refractivity contribution in [2.24, 2.45) is 11.3 Å². The van der Waals surface area contributed by atoms with Crippen LogP contribution < -0.4 is 5.32 Å². The molecule has 0 fully saturated rings. The van der Waals surface area contributed by atoms with E-state index in [4.69, 9.17) is 0 Å². The summed E-state index contributed by atoms with van der Waals surface area (Å²) in [6, 6.07) is 0.284. The minimum atomic E-state index is 0.195. The number of carbonyl (C=O) groups excluding carboxylic acids is 1. The molecule has 0 aromatic heterocycles. The third kappa shape index (κ3) is 8.46. The molecule has 2 heteroatoms. The van der Waals surface area contributed by atoms with Crippen molar-refractivity contribution in [3.8, 4) is 0 Å². The summed E-state index contributed by atoms with van der Waals surface area (Å²) in [5.41, 5.74) is 0.337. The second kappa shape index (κ2) is 6.14. The lowest BCUT2D eigenvalue weighted by atomic mass is 9.90. The first-order chi connectivity index (χ1) is 6.72. The largest absolute Gasteiger partial charge is 0.353 e. The molecule has 0 spiro atoms. The van der Waals surface area contributed by atoms with E-state index in [1.807, 2.05) is 0 Å². The smallest absolute Gasteiger partial charge is 0.220 e. The minimum absolute atomic E-state index is 0.195. The zero-order valence-electron chi connectivity index (χ0n) is 11.2. The molecular formula is C13H27NO. The molecule has 0 saturated carbocycles. The molecule has 0 aromatic rings. The first-order valence-electron chi connectivity index (χ1n) is 6.02. The summed E-state index contributed by atoms with van der Waals surface area (Å²) >= 11 is 0. The van der Waals surface area contributed by atoms with E-state index in [1.165, 1.54) is 0 Å². The molecule has 0 aliphatic heterocycles. The van der Waals surface area contributed by atoms with Gasteiger partial charge < -0.3 is 5.32 Å². The highest BCUT2D eigenvalue weighted by Crippen LogP contribution is 2.21. The molecule has 0 unspecified atom stereocenters. The van der Waals surface area contributed by atoms with Crippen LogP contribution in [0, 0.1) is 11.3 Å². The summed E-state index contributed by atoms with van der Waals surface area (Å²) in [4.78, 5) is 11.5. The third-order valence-electron chi connectivity index (χ3n) is 2.72. The first kappa shape index (κ1) is 14.5. The van der Waals surface area contributed by atoms with Crippen molar-refractivity contribution in [1.29, 1.82) is 0 Å². The molecule has 1 N–H and O–H groups in total. The molecule has 0 aliphatic carbocycles. The lowest BCUT2D eigenvalue weighted by Gasteiger charge is -2.19. The van der Waals surface area contributed by atoms with Crippen molar-refractivity contribution < 1.29 is 4.79 Å². The van der Waals surface area contributed by atoms with Crippen LogP contribution in [0.5, 0.6) is 0 Å². The van der Waals surface area contributed by atoms with Crippen LogP contribution in [0.15, 0.2) is 0 Å². The Labute approximate surface area is 94.8 Å². The van der Waals surface area contributed by atoms with E-state index in [9.17, 15) is 4.79 Å². The van der Waals surface area contributed by atoms with E-state index in [0.29, 0.717) is 17.8 Å². The Hall–Kier alpha value is -0.530. The van der Waals surface area contributed by atoms with Gasteiger partial charge in [0.05, 0.1) is 0 Å². The van der Waals surface area contributed by atoms with E-state index in [-0.39, 0.29) is 11.9 Å². The van der Waals surface area contributed by atoms with E-state index >= 15 is 0 Å². The maximum absolute atomic E-state index is 11.5. The summed E-state index contributed by atoms with van der Waals surface area (Å²) < 4.78 is 0. The Kier molecular flexibility index (Phi) is 5.92. The van der Waals surface area contributed by atoms with Crippen LogP contribution in [0.1, 0.15) is 60.8 Å². The number of amides is 1. The Morgan fingerprint density at radius 3 is 2.13 bits per heavy atom. The van der Waals surface area contributed by atoms with Crippen LogP contribution in [0.25, 0.3) is 0 Å². The van der Waals surface area contributed by atoms with Gasteiger partial charge in [0.15, 0.2) is 0 Å². The SMILES string of the molecule is CC(C)[C@@H](C)NC(=O)CCCC(C)(C)C. The van der Waals surface area contributed by atoms with Gasteiger partial charge in [-0.25, -0.2) is 0 Å². The minimum Gasteiger partial charge on any atom is -0.353 e. The Morgan fingerprint density at radius 1 is 1.20 bits per heavy atom. The van der Waals surface area contributed by atoms with Crippen LogP contribution in [-0.4, -0.2) is 11.9 Å². The standard InChI is InChI=1S/C13H27NO/c1-10(2)11(3)14-12(15)8-7-9-13(4,5)6/h10-11H,7-9H2,1-6H3,(H,14,15)/t11-/m1/s1. The summed E-state index contributed by atoms with van der Waals surface area (Å²) in [6.45, 7) is 12.9. The fraction of sp³-hybridized carbons (Fsp3) is 0.923. The molecule has 0 heterocycles. The summed E-state index contributed by atoms with van der Waals surface area (Å²) in [7, 11) is 0. The number of hydrogen-bond donors (Lipinski definition) is 1. The predicted molar refractivity (Wildman–Crippen MR) is 65.7 cm³/mol. The maximum atomic E-state index is 11.5. The van der Waals surface area contributed by atoms with Gasteiger partial charge in [-0.1, -0.05) is 34.6 Å². The van der Waals surface area contributed by atoms with Crippen LogP contribution in [0.4, 0.5) is 0 Å². The zero-order valence-corrected chi connectivity index (χ0v) is 11.2. The maximum Gasteiger partial charge on any atom is 0.220 e. The number of hydrogen-bond acceptors (Lipinski definition) is 1. The average Bonchev–Trinajstić information content (AvgIpc) is 2.01. The predicted octanol–water partition coefficient (Wildman–Crippen LogP) is 3.36. The molecular weight excluding hydrogens is 186 g/mol. The summed E-state index contributed by atoms with van der Waals surface area (Å²) in [5.74, 6) is 0.706. The van der Waals surface area contributed by atoms with Crippen LogP contribution in [0.3, 0.4) is 0 Å². The second-order valence-electron chi connectivity index (χ2n) is 6.01. The lowest BCUT2D eigenvalue weighted by molar-refractivity contribution is -0.122. The highest BCUT2D eigenvalue weighted by atomic mass is 16.1. The molecule has 0 aromatic carbocycles. The summed E-state index contributed by atoms with van der Waals surface area (Å²) in [6.07, 6.45) is 2.75. The quantitative estimate of drug-likeness (QED) is 0.745. The monoisotopic (exact) mass is 213 g/mol. The van der Waals surface area contributed by atoms with Crippen molar-refractivity contribution in [2.75, 3.05) is 0 Å². The van der Waals surface area contributed by atoms with Gasteiger partial charge in [-0.3, -0.25) is 4.79 Å². The molecule has 0 aliphatic rings. The van der Waals surface area contributed by atoms with Crippen LogP contribution >= 0.6 is 0 Å². The highest BCUT2D eigenvalue weighted by Gasteiger charge is 2.13. The van der Waals surface area contributed by atoms with E-state index < -0.39 is 0 Å². The van der Waals surface area contributed by atoms with Gasteiger partial charge in [-0.2, -0.15) is 0 Å². The molecule has 0 rings (SSSR count). The number of rotatable bonds is 5. The number of carbonyl (C=O) groups is 1. The van der Waals surface area contributed by atoms with Gasteiger partial charge in [-0.15, -0.1) is 0 Å². The topological polar surface area (TPSA) is 29.1 Å². The fourth-order valence-electron chi connectivity index (χ4n) is 1.27. The molecule has 0 radical (unpaired) electrons. The average molecular weight is 213 g/mol. The van der Waals surface area contributed by atoms with Crippen molar-refractivity contribution in [3.05, 3.63) is 0 Å². The van der Waals surface area contributed by atoms with Crippen molar-refractivity contribution >= 4 is 5.91 Å². The van der Waals surface area contributed by atoms with E-state index in [0.717, 1.165) is 12.8 Å². The van der Waals surface area contributed by atoms with Crippen molar-refractivity contribution in [3.63, 3.8) is 0 Å². The lowest BCUT2D eigenvalue weighted by Crippen LogP contribution is -2.35. The van der Waals surface area contributed by atoms with Gasteiger partial charge >= 0.3 is 0 Å². The normalized spacial score (nSPS) is 14.1. The molecule has 15 heavy (non-hydrogen) atoms. The van der Waals surface area contributed by atoms with Crippen molar-refractivity contribution in [1.82, 2.24) is 5.32 Å². The number of nitrogens with one attached hydrogen (secondary N) is 1. The van der Waals surface area contributed by atoms with Crippen LogP contribution in [0.2, 0.25) is 0 Å². The summed E-state index contributed by atoms with van der Waals surface area (Å²) in [5, 5.41) is 3.03. The molecule has 90 valence electrons. The van der Waals surface area contributed by atoms with Crippen molar-refractivity contribution in [2.45, 2.75) is 66.8 Å². The van der Waals surface area contributed by atoms with Gasteiger partial charge in [0, 0.05) is 12.5 Å². The van der Waals surface area contributed by atoms with E-state index in [2.05, 4.69) is 46.9 Å². The first-order valence-corrected chi connectivity index (χ1v) is 6.02. The van der Waals surface area contributed by atoms with E-state index in [1.54, 1.807) is 0 Å². The fourth-order valence-corrected chi connectivity index (χ4v) is 1.27. The van der Waals surface area contributed by atoms with Gasteiger partial charge in [-0.05, 0) is 31.1 Å². The molecule has 1 atom stereocenters.